The Balaban J connectivity index is 1.68. The fourth-order valence-electron chi connectivity index (χ4n) is 2.91. The maximum Gasteiger partial charge on any atom is 0.348 e. The van der Waals surface area contributed by atoms with E-state index < -0.39 is 24.1 Å². The van der Waals surface area contributed by atoms with E-state index in [2.05, 4.69) is 5.32 Å². The molecule has 0 aliphatic carbocycles. The molecule has 2 amide bonds. The molecule has 0 aromatic heterocycles. The van der Waals surface area contributed by atoms with Gasteiger partial charge in [-0.05, 0) is 37.6 Å². The van der Waals surface area contributed by atoms with Crippen LogP contribution in [0.25, 0.3) is 0 Å². The van der Waals surface area contributed by atoms with Crippen molar-refractivity contribution in [2.45, 2.75) is 32.5 Å². The maximum atomic E-state index is 12.8. The van der Waals surface area contributed by atoms with E-state index in [1.54, 1.807) is 55.5 Å². The van der Waals surface area contributed by atoms with Gasteiger partial charge in [0.25, 0.3) is 5.91 Å². The number of nitrogens with one attached hydrogen (secondary N) is 1. The van der Waals surface area contributed by atoms with Gasteiger partial charge in [-0.15, -0.1) is 0 Å². The Hall–Kier alpha value is -3.35. The third-order valence-electron chi connectivity index (χ3n) is 4.33. The molecule has 0 unspecified atom stereocenters. The van der Waals surface area contributed by atoms with Crippen LogP contribution in [0.2, 0.25) is 0 Å². The number of benzene rings is 2. The molecule has 1 N–H and O–H groups in total. The normalized spacial score (nSPS) is 15.1. The van der Waals surface area contributed by atoms with Crippen molar-refractivity contribution in [2.24, 2.45) is 0 Å². The van der Waals surface area contributed by atoms with Crippen LogP contribution in [-0.4, -0.2) is 36.5 Å². The zero-order chi connectivity index (χ0) is 20.1. The first kappa shape index (κ1) is 19.4. The standard InChI is InChI=1S/C21H22N2O5/c1-3-18(28-15-9-5-4-6-10-15)21(26)27-14(2)20(25)23-13-19(24)22-16-11-7-8-12-17(16)23/h4-12,14,18H,3,13H2,1-2H3,(H,22,24)/t14-,18-/m1/s1. The lowest BCUT2D eigenvalue weighted by molar-refractivity contribution is -0.161. The SMILES string of the molecule is CC[C@@H](Oc1ccccc1)C(=O)O[C@H](C)C(=O)N1CC(=O)Nc2ccccc21. The van der Waals surface area contributed by atoms with E-state index in [9.17, 15) is 14.4 Å². The van der Waals surface area contributed by atoms with Gasteiger partial charge in [0.15, 0.2) is 12.2 Å². The number of hydrogen-bond acceptors (Lipinski definition) is 5. The minimum absolute atomic E-state index is 0.130. The van der Waals surface area contributed by atoms with Gasteiger partial charge in [0.2, 0.25) is 5.91 Å². The average Bonchev–Trinajstić information content (AvgIpc) is 2.71. The third kappa shape index (κ3) is 4.31. The minimum Gasteiger partial charge on any atom is -0.479 e. The average molecular weight is 382 g/mol. The minimum atomic E-state index is -1.06. The number of nitrogens with zero attached hydrogens (tertiary/aromatic N) is 1. The molecule has 2 aromatic rings. The number of amides is 2. The summed E-state index contributed by atoms with van der Waals surface area (Å²) in [6, 6.07) is 15.9. The summed E-state index contributed by atoms with van der Waals surface area (Å²) in [5, 5.41) is 2.72. The summed E-state index contributed by atoms with van der Waals surface area (Å²) >= 11 is 0. The van der Waals surface area contributed by atoms with Crippen LogP contribution in [0.4, 0.5) is 11.4 Å². The number of ether oxygens (including phenoxy) is 2. The highest BCUT2D eigenvalue weighted by Crippen LogP contribution is 2.29. The second-order valence-electron chi connectivity index (χ2n) is 6.40. The van der Waals surface area contributed by atoms with Crippen LogP contribution in [0, 0.1) is 0 Å². The van der Waals surface area contributed by atoms with E-state index in [-0.39, 0.29) is 12.5 Å². The van der Waals surface area contributed by atoms with Crippen molar-refractivity contribution < 1.29 is 23.9 Å². The molecule has 1 aliphatic heterocycles. The predicted octanol–water partition coefficient (Wildman–Crippen LogP) is 2.76. The van der Waals surface area contributed by atoms with Crippen molar-refractivity contribution in [1.82, 2.24) is 0 Å². The number of para-hydroxylation sites is 3. The van der Waals surface area contributed by atoms with Gasteiger partial charge >= 0.3 is 5.97 Å². The molecular formula is C21H22N2O5. The van der Waals surface area contributed by atoms with Gasteiger partial charge in [0, 0.05) is 0 Å². The summed E-state index contributed by atoms with van der Waals surface area (Å²) in [6.07, 6.45) is -1.49. The van der Waals surface area contributed by atoms with Gasteiger partial charge in [0.05, 0.1) is 11.4 Å². The topological polar surface area (TPSA) is 84.9 Å². The van der Waals surface area contributed by atoms with Crippen LogP contribution >= 0.6 is 0 Å². The molecule has 1 aliphatic rings. The van der Waals surface area contributed by atoms with Crippen molar-refractivity contribution in [3.05, 3.63) is 54.6 Å². The van der Waals surface area contributed by atoms with E-state index in [0.29, 0.717) is 23.5 Å². The number of anilines is 2. The molecule has 0 spiro atoms. The van der Waals surface area contributed by atoms with Crippen LogP contribution in [-0.2, 0) is 19.1 Å². The quantitative estimate of drug-likeness (QED) is 0.777. The Morgan fingerprint density at radius 1 is 1.11 bits per heavy atom. The molecule has 0 fully saturated rings. The number of esters is 1. The van der Waals surface area contributed by atoms with E-state index in [1.807, 2.05) is 6.07 Å². The Morgan fingerprint density at radius 2 is 1.79 bits per heavy atom. The van der Waals surface area contributed by atoms with Crippen molar-refractivity contribution in [3.8, 4) is 5.75 Å². The number of hydrogen-bond donors (Lipinski definition) is 1. The Morgan fingerprint density at radius 3 is 2.50 bits per heavy atom. The molecule has 7 heteroatoms. The van der Waals surface area contributed by atoms with Crippen LogP contribution in [0.3, 0.4) is 0 Å². The first-order valence-corrected chi connectivity index (χ1v) is 9.12. The van der Waals surface area contributed by atoms with Gasteiger partial charge in [-0.25, -0.2) is 4.79 Å². The van der Waals surface area contributed by atoms with Crippen molar-refractivity contribution in [2.75, 3.05) is 16.8 Å². The van der Waals surface area contributed by atoms with E-state index >= 15 is 0 Å². The summed E-state index contributed by atoms with van der Waals surface area (Å²) in [5.41, 5.74) is 1.12. The Bertz CT molecular complexity index is 868. The molecule has 0 bridgehead atoms. The predicted molar refractivity (Wildman–Crippen MR) is 104 cm³/mol. The van der Waals surface area contributed by atoms with Crippen molar-refractivity contribution >= 4 is 29.2 Å². The summed E-state index contributed by atoms with van der Waals surface area (Å²) in [7, 11) is 0. The van der Waals surface area contributed by atoms with E-state index in [0.717, 1.165) is 0 Å². The summed E-state index contributed by atoms with van der Waals surface area (Å²) in [4.78, 5) is 38.6. The molecule has 0 radical (unpaired) electrons. The lowest BCUT2D eigenvalue weighted by Crippen LogP contribution is -2.47. The van der Waals surface area contributed by atoms with Crippen molar-refractivity contribution in [3.63, 3.8) is 0 Å². The highest BCUT2D eigenvalue weighted by atomic mass is 16.6. The number of fused-ring (bicyclic) bond motifs is 1. The van der Waals surface area contributed by atoms with Crippen molar-refractivity contribution in [1.29, 1.82) is 0 Å². The Kier molecular flexibility index (Phi) is 5.93. The first-order valence-electron chi connectivity index (χ1n) is 9.12. The van der Waals surface area contributed by atoms with Crippen LogP contribution in [0.5, 0.6) is 5.75 Å². The third-order valence-corrected chi connectivity index (χ3v) is 4.33. The summed E-state index contributed by atoms with van der Waals surface area (Å²) in [6.45, 7) is 3.16. The smallest absolute Gasteiger partial charge is 0.348 e. The zero-order valence-electron chi connectivity index (χ0n) is 15.8. The monoisotopic (exact) mass is 382 g/mol. The van der Waals surface area contributed by atoms with Gasteiger partial charge in [-0.2, -0.15) is 0 Å². The summed E-state index contributed by atoms with van der Waals surface area (Å²) in [5.74, 6) is -0.844. The molecule has 1 heterocycles. The van der Waals surface area contributed by atoms with Gasteiger partial charge < -0.3 is 14.8 Å². The first-order chi connectivity index (χ1) is 13.5. The second kappa shape index (κ2) is 8.56. The molecule has 0 saturated heterocycles. The number of carbonyl (C=O) groups excluding carboxylic acids is 3. The molecule has 2 aromatic carbocycles. The molecule has 3 rings (SSSR count). The van der Waals surface area contributed by atoms with Gasteiger partial charge in [-0.3, -0.25) is 14.5 Å². The second-order valence-corrected chi connectivity index (χ2v) is 6.40. The highest BCUT2D eigenvalue weighted by molar-refractivity contribution is 6.11. The number of carbonyl (C=O) groups is 3. The van der Waals surface area contributed by atoms with Crippen LogP contribution in [0.15, 0.2) is 54.6 Å². The van der Waals surface area contributed by atoms with E-state index in [4.69, 9.17) is 9.47 Å². The molecule has 7 nitrogen and oxygen atoms in total. The largest absolute Gasteiger partial charge is 0.479 e. The van der Waals surface area contributed by atoms with Crippen LogP contribution < -0.4 is 15.0 Å². The maximum absolute atomic E-state index is 12.8. The fraction of sp³-hybridized carbons (Fsp3) is 0.286. The summed E-state index contributed by atoms with van der Waals surface area (Å²) < 4.78 is 11.0. The lowest BCUT2D eigenvalue weighted by Gasteiger charge is -2.31. The highest BCUT2D eigenvalue weighted by Gasteiger charge is 2.32. The molecule has 146 valence electrons. The van der Waals surface area contributed by atoms with E-state index in [1.165, 1.54) is 11.8 Å². The van der Waals surface area contributed by atoms with Crippen LogP contribution in [0.1, 0.15) is 20.3 Å². The van der Waals surface area contributed by atoms with Gasteiger partial charge in [-0.1, -0.05) is 37.3 Å². The Labute approximate surface area is 163 Å². The molecule has 0 saturated carbocycles. The number of rotatable bonds is 6. The zero-order valence-corrected chi connectivity index (χ0v) is 15.8. The molecule has 28 heavy (non-hydrogen) atoms. The lowest BCUT2D eigenvalue weighted by atomic mass is 10.1. The molecule has 2 atom stereocenters. The van der Waals surface area contributed by atoms with Gasteiger partial charge in [0.1, 0.15) is 12.3 Å². The molecular weight excluding hydrogens is 360 g/mol. The fourth-order valence-corrected chi connectivity index (χ4v) is 2.91.